The molecule has 4 heterocycles. The van der Waals surface area contributed by atoms with Crippen LogP contribution in [0.2, 0.25) is 0 Å². The minimum absolute atomic E-state index is 0.124. The number of piperidine rings is 2. The molecular weight excluding hydrogens is 338 g/mol. The van der Waals surface area contributed by atoms with E-state index in [1.807, 2.05) is 32.3 Å². The normalized spacial score (nSPS) is 23.7. The van der Waals surface area contributed by atoms with Gasteiger partial charge in [-0.15, -0.1) is 0 Å². The number of hydrogen-bond donors (Lipinski definition) is 0. The molecule has 0 saturated carbocycles. The molecule has 2 fully saturated rings. The SMILES string of the molecule is Cc1cc(C(=O)N2CCCC3(CCCN(Cc4ccccn4)C3)C2)n(C)n1. The van der Waals surface area contributed by atoms with Gasteiger partial charge in [-0.25, -0.2) is 0 Å². The third-order valence-corrected chi connectivity index (χ3v) is 6.02. The van der Waals surface area contributed by atoms with Crippen molar-refractivity contribution in [3.05, 3.63) is 47.5 Å². The van der Waals surface area contributed by atoms with Gasteiger partial charge in [-0.1, -0.05) is 6.07 Å². The van der Waals surface area contributed by atoms with Crippen molar-refractivity contribution in [1.82, 2.24) is 24.6 Å². The molecule has 4 rings (SSSR count). The summed E-state index contributed by atoms with van der Waals surface area (Å²) in [5.41, 5.74) is 2.94. The van der Waals surface area contributed by atoms with Crippen LogP contribution >= 0.6 is 0 Å². The molecule has 0 radical (unpaired) electrons. The summed E-state index contributed by atoms with van der Waals surface area (Å²) in [7, 11) is 1.86. The summed E-state index contributed by atoms with van der Waals surface area (Å²) in [5.74, 6) is 0.124. The molecule has 1 unspecified atom stereocenters. The minimum atomic E-state index is 0.124. The summed E-state index contributed by atoms with van der Waals surface area (Å²) in [4.78, 5) is 22.1. The standard InChI is InChI=1S/C21H29N5O/c1-17-13-19(24(2)23-17)20(27)26-12-6-9-21(16-26)8-5-11-25(15-21)14-18-7-3-4-10-22-18/h3-4,7,10,13H,5-6,8-9,11-12,14-16H2,1-2H3. The quantitative estimate of drug-likeness (QED) is 0.837. The lowest BCUT2D eigenvalue weighted by Gasteiger charge is -2.48. The molecule has 1 spiro atoms. The number of carbonyl (C=O) groups excluding carboxylic acids is 1. The van der Waals surface area contributed by atoms with Crippen LogP contribution in [0.25, 0.3) is 0 Å². The van der Waals surface area contributed by atoms with E-state index in [4.69, 9.17) is 0 Å². The predicted molar refractivity (Wildman–Crippen MR) is 104 cm³/mol. The first kappa shape index (κ1) is 18.2. The highest BCUT2D eigenvalue weighted by molar-refractivity contribution is 5.92. The van der Waals surface area contributed by atoms with Gasteiger partial charge in [0, 0.05) is 44.8 Å². The molecule has 1 amide bonds. The highest BCUT2D eigenvalue weighted by atomic mass is 16.2. The van der Waals surface area contributed by atoms with Crippen molar-refractivity contribution in [2.24, 2.45) is 12.5 Å². The second-order valence-corrected chi connectivity index (χ2v) is 8.26. The van der Waals surface area contributed by atoms with E-state index < -0.39 is 0 Å². The van der Waals surface area contributed by atoms with Gasteiger partial charge in [0.25, 0.3) is 5.91 Å². The van der Waals surface area contributed by atoms with Crippen LogP contribution in [0.4, 0.5) is 0 Å². The Hall–Kier alpha value is -2.21. The van der Waals surface area contributed by atoms with Gasteiger partial charge in [0.2, 0.25) is 0 Å². The Bertz CT molecular complexity index is 798. The van der Waals surface area contributed by atoms with Gasteiger partial charge >= 0.3 is 0 Å². The van der Waals surface area contributed by atoms with Crippen LogP contribution in [0.5, 0.6) is 0 Å². The molecule has 0 aromatic carbocycles. The van der Waals surface area contributed by atoms with E-state index in [9.17, 15) is 4.79 Å². The van der Waals surface area contributed by atoms with Crippen molar-refractivity contribution in [1.29, 1.82) is 0 Å². The zero-order chi connectivity index (χ0) is 18.9. The maximum absolute atomic E-state index is 13.1. The maximum Gasteiger partial charge on any atom is 0.272 e. The van der Waals surface area contributed by atoms with Crippen LogP contribution < -0.4 is 0 Å². The van der Waals surface area contributed by atoms with Gasteiger partial charge in [-0.05, 0) is 57.4 Å². The van der Waals surface area contributed by atoms with Crippen LogP contribution in [0.1, 0.15) is 47.6 Å². The molecule has 0 bridgehead atoms. The summed E-state index contributed by atoms with van der Waals surface area (Å²) in [6.07, 6.45) is 6.56. The summed E-state index contributed by atoms with van der Waals surface area (Å²) < 4.78 is 1.72. The van der Waals surface area contributed by atoms with Crippen molar-refractivity contribution >= 4 is 5.91 Å². The van der Waals surface area contributed by atoms with E-state index in [0.29, 0.717) is 5.69 Å². The lowest BCUT2D eigenvalue weighted by atomic mass is 9.73. The van der Waals surface area contributed by atoms with Crippen LogP contribution in [-0.4, -0.2) is 56.7 Å². The predicted octanol–water partition coefficient (Wildman–Crippen LogP) is 2.64. The summed E-state index contributed by atoms with van der Waals surface area (Å²) in [6.45, 7) is 6.72. The lowest BCUT2D eigenvalue weighted by molar-refractivity contribution is 0.0105. The van der Waals surface area contributed by atoms with Gasteiger partial charge in [-0.2, -0.15) is 5.10 Å². The van der Waals surface area contributed by atoms with Gasteiger partial charge in [-0.3, -0.25) is 19.4 Å². The zero-order valence-electron chi connectivity index (χ0n) is 16.4. The first-order valence-electron chi connectivity index (χ1n) is 9.97. The molecule has 6 heteroatoms. The largest absolute Gasteiger partial charge is 0.337 e. The molecule has 27 heavy (non-hydrogen) atoms. The van der Waals surface area contributed by atoms with E-state index in [2.05, 4.69) is 32.0 Å². The molecule has 2 aromatic rings. The number of rotatable bonds is 3. The van der Waals surface area contributed by atoms with Gasteiger partial charge in [0.05, 0.1) is 11.4 Å². The van der Waals surface area contributed by atoms with Crippen molar-refractivity contribution in [3.8, 4) is 0 Å². The van der Waals surface area contributed by atoms with Crippen LogP contribution in [-0.2, 0) is 13.6 Å². The molecule has 2 aromatic heterocycles. The number of hydrogen-bond acceptors (Lipinski definition) is 4. The lowest BCUT2D eigenvalue weighted by Crippen LogP contribution is -2.53. The Morgan fingerprint density at radius 1 is 1.19 bits per heavy atom. The third-order valence-electron chi connectivity index (χ3n) is 6.02. The molecule has 6 nitrogen and oxygen atoms in total. The number of likely N-dealkylation sites (tertiary alicyclic amines) is 2. The van der Waals surface area contributed by atoms with Gasteiger partial charge < -0.3 is 4.90 Å². The Labute approximate surface area is 161 Å². The summed E-state index contributed by atoms with van der Waals surface area (Å²) in [5, 5.41) is 4.34. The number of amides is 1. The second kappa shape index (κ2) is 7.43. The molecule has 2 aliphatic rings. The zero-order valence-corrected chi connectivity index (χ0v) is 16.4. The average Bonchev–Trinajstić information content (AvgIpc) is 3.00. The number of carbonyl (C=O) groups is 1. The van der Waals surface area contributed by atoms with Crippen molar-refractivity contribution < 1.29 is 4.79 Å². The molecule has 0 aliphatic carbocycles. The fraction of sp³-hybridized carbons (Fsp3) is 0.571. The average molecular weight is 367 g/mol. The number of aryl methyl sites for hydroxylation is 2. The summed E-state index contributed by atoms with van der Waals surface area (Å²) >= 11 is 0. The smallest absolute Gasteiger partial charge is 0.272 e. The third kappa shape index (κ3) is 3.90. The van der Waals surface area contributed by atoms with Gasteiger partial charge in [0.1, 0.15) is 5.69 Å². The Kier molecular flexibility index (Phi) is 5.00. The number of aromatic nitrogens is 3. The monoisotopic (exact) mass is 367 g/mol. The van der Waals surface area contributed by atoms with Crippen LogP contribution in [0.3, 0.4) is 0 Å². The first-order chi connectivity index (χ1) is 13.0. The van der Waals surface area contributed by atoms with Gasteiger partial charge in [0.15, 0.2) is 0 Å². The molecule has 1 atom stereocenters. The highest BCUT2D eigenvalue weighted by Crippen LogP contribution is 2.39. The fourth-order valence-corrected chi connectivity index (χ4v) is 4.85. The highest BCUT2D eigenvalue weighted by Gasteiger charge is 2.40. The second-order valence-electron chi connectivity index (χ2n) is 8.26. The van der Waals surface area contributed by atoms with Crippen LogP contribution in [0.15, 0.2) is 30.5 Å². The molecular formula is C21H29N5O. The molecule has 144 valence electrons. The van der Waals surface area contributed by atoms with Crippen molar-refractivity contribution in [2.75, 3.05) is 26.2 Å². The fourth-order valence-electron chi connectivity index (χ4n) is 4.85. The molecule has 0 N–H and O–H groups in total. The Morgan fingerprint density at radius 2 is 2.00 bits per heavy atom. The van der Waals surface area contributed by atoms with E-state index in [1.165, 1.54) is 19.3 Å². The Morgan fingerprint density at radius 3 is 2.70 bits per heavy atom. The summed E-state index contributed by atoms with van der Waals surface area (Å²) in [6, 6.07) is 8.02. The van der Waals surface area contributed by atoms with E-state index in [1.54, 1.807) is 4.68 Å². The van der Waals surface area contributed by atoms with Crippen molar-refractivity contribution in [3.63, 3.8) is 0 Å². The number of pyridine rings is 1. The molecule has 2 aliphatic heterocycles. The topological polar surface area (TPSA) is 54.3 Å². The minimum Gasteiger partial charge on any atom is -0.337 e. The van der Waals surface area contributed by atoms with Crippen LogP contribution in [0, 0.1) is 12.3 Å². The Balaban J connectivity index is 1.46. The van der Waals surface area contributed by atoms with E-state index in [-0.39, 0.29) is 11.3 Å². The van der Waals surface area contributed by atoms with Crippen molar-refractivity contribution in [2.45, 2.75) is 39.2 Å². The van der Waals surface area contributed by atoms with E-state index >= 15 is 0 Å². The maximum atomic E-state index is 13.1. The van der Waals surface area contributed by atoms with E-state index in [0.717, 1.165) is 50.5 Å². The molecule has 2 saturated heterocycles. The first-order valence-corrected chi connectivity index (χ1v) is 9.97. The number of nitrogens with zero attached hydrogens (tertiary/aromatic N) is 5.